The molecule has 4 aliphatic carbocycles. The SMILES string of the molecule is CC(C)[C@H]1NC(=O)CCNc2cc(nc(NCC3C4CC5CC(C4)CC3C5)n2)CCNC(=O)[C@H](C)NC1=O. The predicted molar refractivity (Wildman–Crippen MR) is 145 cm³/mol. The number of carbonyl (C=O) groups excluding carboxylic acids is 3. The third kappa shape index (κ3) is 6.21. The molecule has 0 aromatic carbocycles. The number of anilines is 2. The van der Waals surface area contributed by atoms with Crippen LogP contribution in [-0.2, 0) is 20.8 Å². The highest BCUT2D eigenvalue weighted by Gasteiger charge is 2.47. The van der Waals surface area contributed by atoms with Crippen molar-refractivity contribution < 1.29 is 14.4 Å². The summed E-state index contributed by atoms with van der Waals surface area (Å²) >= 11 is 0. The number of hydrogen-bond acceptors (Lipinski definition) is 7. The van der Waals surface area contributed by atoms with Crippen LogP contribution in [0.5, 0.6) is 0 Å². The minimum absolute atomic E-state index is 0.117. The van der Waals surface area contributed by atoms with Crippen molar-refractivity contribution in [2.75, 3.05) is 30.3 Å². The van der Waals surface area contributed by atoms with Gasteiger partial charge in [-0.05, 0) is 74.5 Å². The first kappa shape index (κ1) is 26.7. The van der Waals surface area contributed by atoms with Crippen LogP contribution in [0, 0.1) is 35.5 Å². The van der Waals surface area contributed by atoms with Crippen molar-refractivity contribution in [3.8, 4) is 0 Å². The number of fused-ring (bicyclic) bond motifs is 2. The quantitative estimate of drug-likeness (QED) is 0.406. The second-order valence-corrected chi connectivity index (χ2v) is 12.3. The molecule has 10 heteroatoms. The van der Waals surface area contributed by atoms with Crippen LogP contribution in [-0.4, -0.2) is 59.4 Å². The summed E-state index contributed by atoms with van der Waals surface area (Å²) < 4.78 is 0. The molecule has 208 valence electrons. The van der Waals surface area contributed by atoms with E-state index in [0.29, 0.717) is 37.2 Å². The first-order valence-corrected chi connectivity index (χ1v) is 14.5. The second kappa shape index (κ2) is 11.5. The lowest BCUT2D eigenvalue weighted by molar-refractivity contribution is -0.132. The van der Waals surface area contributed by atoms with Gasteiger partial charge in [-0.25, -0.2) is 4.98 Å². The molecule has 1 aliphatic heterocycles. The van der Waals surface area contributed by atoms with Gasteiger partial charge in [-0.15, -0.1) is 0 Å². The van der Waals surface area contributed by atoms with Crippen LogP contribution in [0.25, 0.3) is 0 Å². The summed E-state index contributed by atoms with van der Waals surface area (Å²) in [5.41, 5.74) is 0.809. The summed E-state index contributed by atoms with van der Waals surface area (Å²) in [6, 6.07) is 0.457. The molecule has 6 rings (SSSR count). The van der Waals surface area contributed by atoms with Crippen LogP contribution < -0.4 is 26.6 Å². The average Bonchev–Trinajstić information content (AvgIpc) is 2.85. The lowest BCUT2D eigenvalue weighted by atomic mass is 9.52. The van der Waals surface area contributed by atoms with E-state index in [-0.39, 0.29) is 30.1 Å². The molecule has 2 atom stereocenters. The molecule has 0 spiro atoms. The third-order valence-electron chi connectivity index (χ3n) is 9.05. The lowest BCUT2D eigenvalue weighted by Gasteiger charge is -2.54. The molecule has 38 heavy (non-hydrogen) atoms. The minimum Gasteiger partial charge on any atom is -0.369 e. The van der Waals surface area contributed by atoms with Crippen molar-refractivity contribution in [3.63, 3.8) is 0 Å². The van der Waals surface area contributed by atoms with Gasteiger partial charge in [-0.1, -0.05) is 13.8 Å². The summed E-state index contributed by atoms with van der Waals surface area (Å²) in [6.07, 6.45) is 7.70. The second-order valence-electron chi connectivity index (χ2n) is 12.3. The fraction of sp³-hybridized carbons (Fsp3) is 0.750. The number of carbonyl (C=O) groups is 3. The minimum atomic E-state index is -0.714. The molecule has 4 saturated carbocycles. The molecule has 4 fully saturated rings. The standard InChI is InChI=1S/C28H43N7O3/c1-15(2)25-27(38)32-16(3)26(37)30-6-4-21-13-23(29-7-5-24(36)35-25)34-28(33-21)31-14-22-19-9-17-8-18(11-19)12-20(22)10-17/h13,15-20,22,25H,4-12,14H2,1-3H3,(H,30,37)(H,32,38)(H,35,36)(H2,29,31,33,34)/t16-,17?,18?,19?,20?,22?,25+/m0/s1. The smallest absolute Gasteiger partial charge is 0.243 e. The normalized spacial score (nSPS) is 33.8. The molecule has 10 nitrogen and oxygen atoms in total. The lowest BCUT2D eigenvalue weighted by Crippen LogP contribution is -2.54. The van der Waals surface area contributed by atoms with E-state index in [1.54, 1.807) is 6.92 Å². The molecule has 0 radical (unpaired) electrons. The summed E-state index contributed by atoms with van der Waals surface area (Å²) in [5.74, 6) is 4.49. The zero-order valence-electron chi connectivity index (χ0n) is 22.9. The van der Waals surface area contributed by atoms with E-state index in [0.717, 1.165) is 35.9 Å². The highest BCUT2D eigenvalue weighted by atomic mass is 16.2. The van der Waals surface area contributed by atoms with Gasteiger partial charge in [0.05, 0.1) is 0 Å². The van der Waals surface area contributed by atoms with Crippen molar-refractivity contribution in [2.24, 2.45) is 35.5 Å². The Morgan fingerprint density at radius 3 is 2.26 bits per heavy atom. The third-order valence-corrected chi connectivity index (χ3v) is 9.05. The zero-order chi connectivity index (χ0) is 26.8. The molecule has 0 unspecified atom stereocenters. The van der Waals surface area contributed by atoms with Crippen LogP contribution >= 0.6 is 0 Å². The number of nitrogens with zero attached hydrogens (tertiary/aromatic N) is 2. The number of hydrogen-bond donors (Lipinski definition) is 5. The van der Waals surface area contributed by atoms with E-state index in [4.69, 9.17) is 9.97 Å². The van der Waals surface area contributed by atoms with E-state index in [2.05, 4.69) is 26.6 Å². The summed E-state index contributed by atoms with van der Waals surface area (Å²) in [6.45, 7) is 7.06. The first-order chi connectivity index (χ1) is 18.2. The molecule has 2 heterocycles. The highest BCUT2D eigenvalue weighted by molar-refractivity contribution is 5.92. The molecule has 6 bridgehead atoms. The van der Waals surface area contributed by atoms with Crippen molar-refractivity contribution in [1.82, 2.24) is 25.9 Å². The van der Waals surface area contributed by atoms with Crippen molar-refractivity contribution >= 4 is 29.5 Å². The summed E-state index contributed by atoms with van der Waals surface area (Å²) in [7, 11) is 0. The van der Waals surface area contributed by atoms with Crippen molar-refractivity contribution in [2.45, 2.75) is 77.8 Å². The number of amides is 3. The largest absolute Gasteiger partial charge is 0.369 e. The Labute approximate surface area is 225 Å². The monoisotopic (exact) mass is 525 g/mol. The number of aromatic nitrogens is 2. The highest BCUT2D eigenvalue weighted by Crippen LogP contribution is 2.56. The Hall–Kier alpha value is -2.91. The van der Waals surface area contributed by atoms with Crippen LogP contribution in [0.4, 0.5) is 11.8 Å². The van der Waals surface area contributed by atoms with Gasteiger partial charge in [0.25, 0.3) is 0 Å². The number of rotatable bonds is 4. The van der Waals surface area contributed by atoms with Crippen LogP contribution in [0.1, 0.15) is 65.0 Å². The topological polar surface area (TPSA) is 137 Å². The van der Waals surface area contributed by atoms with Crippen LogP contribution in [0.2, 0.25) is 0 Å². The number of nitrogens with one attached hydrogen (secondary N) is 5. The van der Waals surface area contributed by atoms with E-state index < -0.39 is 12.1 Å². The molecule has 3 amide bonds. The predicted octanol–water partition coefficient (Wildman–Crippen LogP) is 2.08. The molecular formula is C28H43N7O3. The molecule has 0 saturated heterocycles. The van der Waals surface area contributed by atoms with E-state index >= 15 is 0 Å². The van der Waals surface area contributed by atoms with Gasteiger partial charge in [0.15, 0.2) is 0 Å². The fourth-order valence-electron chi connectivity index (χ4n) is 7.30. The average molecular weight is 526 g/mol. The zero-order valence-corrected chi connectivity index (χ0v) is 22.9. The van der Waals surface area contributed by atoms with E-state index in [1.807, 2.05) is 19.9 Å². The van der Waals surface area contributed by atoms with Gasteiger partial charge in [-0.3, -0.25) is 14.4 Å². The van der Waals surface area contributed by atoms with Gasteiger partial charge in [0.2, 0.25) is 23.7 Å². The Morgan fingerprint density at radius 2 is 1.58 bits per heavy atom. The summed E-state index contributed by atoms with van der Waals surface area (Å²) in [4.78, 5) is 47.4. The maximum absolute atomic E-state index is 12.7. The molecule has 5 N–H and O–H groups in total. The van der Waals surface area contributed by atoms with E-state index in [1.165, 1.54) is 32.1 Å². The van der Waals surface area contributed by atoms with Crippen molar-refractivity contribution in [1.29, 1.82) is 0 Å². The molecule has 1 aromatic rings. The Morgan fingerprint density at radius 1 is 0.895 bits per heavy atom. The van der Waals surface area contributed by atoms with Crippen molar-refractivity contribution in [3.05, 3.63) is 11.8 Å². The van der Waals surface area contributed by atoms with Crippen LogP contribution in [0.3, 0.4) is 0 Å². The van der Waals surface area contributed by atoms with E-state index in [9.17, 15) is 14.4 Å². The maximum Gasteiger partial charge on any atom is 0.243 e. The van der Waals surface area contributed by atoms with Gasteiger partial charge < -0.3 is 26.6 Å². The molecule has 1 aromatic heterocycles. The Balaban J connectivity index is 1.27. The Bertz CT molecular complexity index is 1020. The maximum atomic E-state index is 12.7. The fourth-order valence-corrected chi connectivity index (χ4v) is 7.30. The first-order valence-electron chi connectivity index (χ1n) is 14.5. The van der Waals surface area contributed by atoms with Crippen LogP contribution in [0.15, 0.2) is 6.07 Å². The van der Waals surface area contributed by atoms with Gasteiger partial charge in [0, 0.05) is 44.2 Å². The molecular weight excluding hydrogens is 482 g/mol. The van der Waals surface area contributed by atoms with Gasteiger partial charge >= 0.3 is 0 Å². The van der Waals surface area contributed by atoms with Gasteiger partial charge in [-0.2, -0.15) is 4.98 Å². The summed E-state index contributed by atoms with van der Waals surface area (Å²) in [5, 5.41) is 15.2. The Kier molecular flexibility index (Phi) is 8.04. The van der Waals surface area contributed by atoms with Gasteiger partial charge in [0.1, 0.15) is 17.9 Å². The molecule has 5 aliphatic rings.